The SMILES string of the molecule is ClC1COC(Br)=N1. The number of hydrogen-bond acceptors (Lipinski definition) is 2. The molecule has 7 heavy (non-hydrogen) atoms. The highest BCUT2D eigenvalue weighted by Gasteiger charge is 2.11. The van der Waals surface area contributed by atoms with Gasteiger partial charge in [0.05, 0.1) is 0 Å². The molecule has 1 aliphatic heterocycles. The average Bonchev–Trinajstić information content (AvgIpc) is 1.87. The summed E-state index contributed by atoms with van der Waals surface area (Å²) in [6.07, 6.45) is 0. The molecule has 1 aliphatic rings. The number of alkyl halides is 1. The highest BCUT2D eigenvalue weighted by atomic mass is 79.9. The van der Waals surface area contributed by atoms with E-state index in [-0.39, 0.29) is 5.50 Å². The molecule has 0 aliphatic carbocycles. The molecule has 0 radical (unpaired) electrons. The van der Waals surface area contributed by atoms with Crippen LogP contribution in [0.15, 0.2) is 4.99 Å². The number of ether oxygens (including phenoxy) is 1. The number of rotatable bonds is 0. The zero-order chi connectivity index (χ0) is 5.28. The van der Waals surface area contributed by atoms with Gasteiger partial charge in [-0.1, -0.05) is 11.6 Å². The Labute approximate surface area is 54.6 Å². The van der Waals surface area contributed by atoms with Crippen LogP contribution in [0, 0.1) is 0 Å². The van der Waals surface area contributed by atoms with Crippen molar-refractivity contribution in [3.05, 3.63) is 0 Å². The third-order valence-corrected chi connectivity index (χ3v) is 1.24. The standard InChI is InChI=1S/C3H3BrClNO/c4-3-6-2(5)1-7-3/h2H,1H2. The van der Waals surface area contributed by atoms with Gasteiger partial charge in [0, 0.05) is 15.9 Å². The van der Waals surface area contributed by atoms with Gasteiger partial charge in [-0.05, 0) is 0 Å². The van der Waals surface area contributed by atoms with Crippen molar-refractivity contribution in [2.75, 3.05) is 6.61 Å². The van der Waals surface area contributed by atoms with Crippen LogP contribution < -0.4 is 0 Å². The Morgan fingerprint density at radius 2 is 2.71 bits per heavy atom. The molecule has 1 atom stereocenters. The van der Waals surface area contributed by atoms with E-state index in [0.717, 1.165) is 0 Å². The first-order valence-corrected chi connectivity index (χ1v) is 3.02. The molecule has 0 bridgehead atoms. The smallest absolute Gasteiger partial charge is 0.255 e. The van der Waals surface area contributed by atoms with Gasteiger partial charge in [-0.15, -0.1) is 0 Å². The maximum Gasteiger partial charge on any atom is 0.255 e. The normalized spacial score (nSPS) is 29.4. The molecule has 2 nitrogen and oxygen atoms in total. The summed E-state index contributed by atoms with van der Waals surface area (Å²) in [5.41, 5.74) is -0.186. The van der Waals surface area contributed by atoms with Crippen molar-refractivity contribution in [1.29, 1.82) is 0 Å². The first-order valence-electron chi connectivity index (χ1n) is 1.79. The van der Waals surface area contributed by atoms with Crippen LogP contribution in [-0.4, -0.2) is 16.9 Å². The molecular weight excluding hydrogens is 181 g/mol. The quantitative estimate of drug-likeness (QED) is 0.411. The van der Waals surface area contributed by atoms with Crippen molar-refractivity contribution < 1.29 is 4.74 Å². The Morgan fingerprint density at radius 3 is 2.86 bits per heavy atom. The predicted molar refractivity (Wildman–Crippen MR) is 32.0 cm³/mol. The summed E-state index contributed by atoms with van der Waals surface area (Å²) >= 11 is 8.49. The fourth-order valence-electron chi connectivity index (χ4n) is 0.322. The van der Waals surface area contributed by atoms with Gasteiger partial charge in [0.25, 0.3) is 4.81 Å². The number of halogens is 2. The lowest BCUT2D eigenvalue weighted by Crippen LogP contribution is -1.94. The van der Waals surface area contributed by atoms with Gasteiger partial charge in [0.1, 0.15) is 6.61 Å². The minimum Gasteiger partial charge on any atom is -0.469 e. The molecule has 0 saturated carbocycles. The van der Waals surface area contributed by atoms with E-state index in [1.807, 2.05) is 0 Å². The van der Waals surface area contributed by atoms with Gasteiger partial charge in [-0.25, -0.2) is 4.99 Å². The molecule has 40 valence electrons. The number of nitrogens with zero attached hydrogens (tertiary/aromatic N) is 1. The molecule has 0 amide bonds. The van der Waals surface area contributed by atoms with Gasteiger partial charge >= 0.3 is 0 Å². The molecule has 4 heteroatoms. The van der Waals surface area contributed by atoms with Gasteiger partial charge < -0.3 is 4.74 Å². The van der Waals surface area contributed by atoms with Crippen molar-refractivity contribution in [3.63, 3.8) is 0 Å². The third kappa shape index (κ3) is 1.31. The Balaban J connectivity index is 2.50. The Morgan fingerprint density at radius 1 is 2.00 bits per heavy atom. The second-order valence-electron chi connectivity index (χ2n) is 1.13. The average molecular weight is 184 g/mol. The molecule has 0 aromatic heterocycles. The lowest BCUT2D eigenvalue weighted by Gasteiger charge is -1.87. The van der Waals surface area contributed by atoms with Crippen LogP contribution in [0.3, 0.4) is 0 Å². The topological polar surface area (TPSA) is 21.6 Å². The molecule has 0 saturated heterocycles. The summed E-state index contributed by atoms with van der Waals surface area (Å²) < 4.78 is 4.80. The minimum absolute atomic E-state index is 0.186. The van der Waals surface area contributed by atoms with E-state index in [9.17, 15) is 0 Å². The van der Waals surface area contributed by atoms with E-state index >= 15 is 0 Å². The van der Waals surface area contributed by atoms with Crippen LogP contribution in [0.4, 0.5) is 0 Å². The van der Waals surface area contributed by atoms with Crippen molar-refractivity contribution in [2.45, 2.75) is 5.50 Å². The van der Waals surface area contributed by atoms with Crippen molar-refractivity contribution >= 4 is 32.3 Å². The summed E-state index contributed by atoms with van der Waals surface area (Å²) in [6, 6.07) is 0. The van der Waals surface area contributed by atoms with Crippen LogP contribution in [0.2, 0.25) is 0 Å². The summed E-state index contributed by atoms with van der Waals surface area (Å²) in [4.78, 5) is 4.27. The van der Waals surface area contributed by atoms with E-state index in [2.05, 4.69) is 20.9 Å². The molecule has 0 fully saturated rings. The number of aliphatic imine (C=N–C) groups is 1. The molecule has 1 rings (SSSR count). The molecule has 0 N–H and O–H groups in total. The van der Waals surface area contributed by atoms with Crippen molar-refractivity contribution in [2.24, 2.45) is 4.99 Å². The molecule has 1 unspecified atom stereocenters. The lowest BCUT2D eigenvalue weighted by molar-refractivity contribution is 0.348. The van der Waals surface area contributed by atoms with Crippen LogP contribution in [0.5, 0.6) is 0 Å². The molecule has 0 aromatic rings. The molecule has 1 heterocycles. The highest BCUT2D eigenvalue weighted by Crippen LogP contribution is 2.10. The van der Waals surface area contributed by atoms with Gasteiger partial charge in [-0.2, -0.15) is 0 Å². The first kappa shape index (κ1) is 5.38. The number of hydrogen-bond donors (Lipinski definition) is 0. The van der Waals surface area contributed by atoms with E-state index in [1.165, 1.54) is 0 Å². The third-order valence-electron chi connectivity index (χ3n) is 0.582. The van der Waals surface area contributed by atoms with Crippen molar-refractivity contribution in [1.82, 2.24) is 0 Å². The summed E-state index contributed by atoms with van der Waals surface area (Å²) in [7, 11) is 0. The second-order valence-corrected chi connectivity index (χ2v) is 2.31. The van der Waals surface area contributed by atoms with Gasteiger partial charge in [-0.3, -0.25) is 0 Å². The fraction of sp³-hybridized carbons (Fsp3) is 0.667. The zero-order valence-electron chi connectivity index (χ0n) is 3.40. The molecular formula is C3H3BrClNO. The van der Waals surface area contributed by atoms with Crippen LogP contribution >= 0.6 is 27.5 Å². The van der Waals surface area contributed by atoms with E-state index < -0.39 is 0 Å². The Kier molecular flexibility index (Phi) is 1.54. The Bertz CT molecular complexity index is 105. The van der Waals surface area contributed by atoms with Crippen LogP contribution in [0.25, 0.3) is 0 Å². The van der Waals surface area contributed by atoms with Gasteiger partial charge in [0.15, 0.2) is 5.50 Å². The summed E-state index contributed by atoms with van der Waals surface area (Å²) in [5.74, 6) is 0. The fourth-order valence-corrected chi connectivity index (χ4v) is 0.971. The minimum atomic E-state index is -0.186. The van der Waals surface area contributed by atoms with Gasteiger partial charge in [0.2, 0.25) is 0 Å². The monoisotopic (exact) mass is 183 g/mol. The van der Waals surface area contributed by atoms with Crippen LogP contribution in [0.1, 0.15) is 0 Å². The largest absolute Gasteiger partial charge is 0.469 e. The van der Waals surface area contributed by atoms with E-state index in [0.29, 0.717) is 11.4 Å². The zero-order valence-corrected chi connectivity index (χ0v) is 5.74. The maximum absolute atomic E-state index is 5.46. The predicted octanol–water partition coefficient (Wildman–Crippen LogP) is 1.33. The highest BCUT2D eigenvalue weighted by molar-refractivity contribution is 9.18. The lowest BCUT2D eigenvalue weighted by atomic mass is 10.7. The maximum atomic E-state index is 5.46. The second kappa shape index (κ2) is 2.01. The van der Waals surface area contributed by atoms with Crippen molar-refractivity contribution in [3.8, 4) is 0 Å². The van der Waals surface area contributed by atoms with E-state index in [4.69, 9.17) is 16.3 Å². The summed E-state index contributed by atoms with van der Waals surface area (Å²) in [5, 5.41) is 0. The van der Waals surface area contributed by atoms with Crippen LogP contribution in [-0.2, 0) is 4.74 Å². The Hall–Kier alpha value is 0.240. The molecule has 0 aromatic carbocycles. The summed E-state index contributed by atoms with van der Waals surface area (Å²) in [6.45, 7) is 0.488. The van der Waals surface area contributed by atoms with E-state index in [1.54, 1.807) is 0 Å². The first-order chi connectivity index (χ1) is 3.29. The molecule has 0 spiro atoms.